The molecule has 0 aliphatic rings. The van der Waals surface area contributed by atoms with E-state index in [9.17, 15) is 0 Å². The van der Waals surface area contributed by atoms with Crippen LogP contribution in [0, 0.1) is 0 Å². The topological polar surface area (TPSA) is 47.0 Å². The van der Waals surface area contributed by atoms with E-state index in [0.717, 1.165) is 24.3 Å². The van der Waals surface area contributed by atoms with Crippen molar-refractivity contribution in [1.29, 1.82) is 0 Å². The van der Waals surface area contributed by atoms with E-state index in [0.29, 0.717) is 5.88 Å². The largest absolute Gasteiger partial charge is 0.479 e. The van der Waals surface area contributed by atoms with Crippen LogP contribution < -0.4 is 10.1 Å². The predicted molar refractivity (Wildman–Crippen MR) is 71.4 cm³/mol. The Labute approximate surface area is 107 Å². The van der Waals surface area contributed by atoms with Crippen LogP contribution in [0.4, 0.5) is 0 Å². The summed E-state index contributed by atoms with van der Waals surface area (Å²) in [6.45, 7) is 3.90. The van der Waals surface area contributed by atoms with Crippen molar-refractivity contribution >= 4 is 0 Å². The molecule has 0 bridgehead atoms. The van der Waals surface area contributed by atoms with E-state index in [1.54, 1.807) is 19.5 Å². The third-order valence-corrected chi connectivity index (χ3v) is 2.64. The molecule has 0 aliphatic carbocycles. The molecule has 1 N–H and O–H groups in total. The molecule has 2 aromatic rings. The summed E-state index contributed by atoms with van der Waals surface area (Å²) in [6.07, 6.45) is 3.31. The SMILES string of the molecule is CCNCc1cccc(-c2nccnc2OC)c1. The van der Waals surface area contributed by atoms with E-state index < -0.39 is 0 Å². The van der Waals surface area contributed by atoms with E-state index in [-0.39, 0.29) is 0 Å². The lowest BCUT2D eigenvalue weighted by atomic mass is 10.1. The molecule has 0 saturated heterocycles. The van der Waals surface area contributed by atoms with Gasteiger partial charge in [-0.15, -0.1) is 0 Å². The number of hydrogen-bond donors (Lipinski definition) is 1. The summed E-state index contributed by atoms with van der Waals surface area (Å²) in [5, 5.41) is 3.30. The summed E-state index contributed by atoms with van der Waals surface area (Å²) in [7, 11) is 1.61. The second-order valence-corrected chi connectivity index (χ2v) is 3.89. The molecule has 1 heterocycles. The fraction of sp³-hybridized carbons (Fsp3) is 0.286. The molecular weight excluding hydrogens is 226 g/mol. The van der Waals surface area contributed by atoms with Crippen LogP contribution in [0.5, 0.6) is 5.88 Å². The molecule has 0 spiro atoms. The van der Waals surface area contributed by atoms with Crippen molar-refractivity contribution in [2.45, 2.75) is 13.5 Å². The van der Waals surface area contributed by atoms with E-state index >= 15 is 0 Å². The first-order valence-corrected chi connectivity index (χ1v) is 6.00. The fourth-order valence-corrected chi connectivity index (χ4v) is 1.77. The van der Waals surface area contributed by atoms with Gasteiger partial charge >= 0.3 is 0 Å². The molecule has 18 heavy (non-hydrogen) atoms. The monoisotopic (exact) mass is 243 g/mol. The van der Waals surface area contributed by atoms with Gasteiger partial charge in [0.1, 0.15) is 5.69 Å². The van der Waals surface area contributed by atoms with Crippen molar-refractivity contribution < 1.29 is 4.74 Å². The number of hydrogen-bond acceptors (Lipinski definition) is 4. The third-order valence-electron chi connectivity index (χ3n) is 2.64. The highest BCUT2D eigenvalue weighted by Crippen LogP contribution is 2.25. The average Bonchev–Trinajstić information content (AvgIpc) is 2.45. The number of methoxy groups -OCH3 is 1. The van der Waals surface area contributed by atoms with Gasteiger partial charge in [-0.25, -0.2) is 9.97 Å². The lowest BCUT2D eigenvalue weighted by Crippen LogP contribution is -2.11. The Morgan fingerprint density at radius 1 is 1.22 bits per heavy atom. The van der Waals surface area contributed by atoms with Crippen LogP contribution in [-0.2, 0) is 6.54 Å². The van der Waals surface area contributed by atoms with Gasteiger partial charge in [-0.3, -0.25) is 0 Å². The van der Waals surface area contributed by atoms with Gasteiger partial charge in [0.15, 0.2) is 0 Å². The summed E-state index contributed by atoms with van der Waals surface area (Å²) in [5.74, 6) is 0.554. The number of nitrogens with one attached hydrogen (secondary N) is 1. The van der Waals surface area contributed by atoms with Crippen molar-refractivity contribution in [3.8, 4) is 17.1 Å². The Kier molecular flexibility index (Phi) is 4.25. The van der Waals surface area contributed by atoms with Gasteiger partial charge in [0, 0.05) is 24.5 Å². The zero-order valence-corrected chi connectivity index (χ0v) is 10.7. The van der Waals surface area contributed by atoms with Crippen LogP contribution in [0.1, 0.15) is 12.5 Å². The minimum Gasteiger partial charge on any atom is -0.479 e. The molecule has 4 nitrogen and oxygen atoms in total. The lowest BCUT2D eigenvalue weighted by Gasteiger charge is -2.08. The van der Waals surface area contributed by atoms with E-state index in [1.807, 2.05) is 12.1 Å². The lowest BCUT2D eigenvalue weighted by molar-refractivity contribution is 0.398. The molecule has 0 fully saturated rings. The molecule has 1 aromatic heterocycles. The normalized spacial score (nSPS) is 10.3. The molecular formula is C14H17N3O. The standard InChI is InChI=1S/C14H17N3O/c1-3-15-10-11-5-4-6-12(9-11)13-14(18-2)17-8-7-16-13/h4-9,15H,3,10H2,1-2H3. The molecule has 1 aromatic carbocycles. The molecule has 0 aliphatic heterocycles. The fourth-order valence-electron chi connectivity index (χ4n) is 1.77. The van der Waals surface area contributed by atoms with Gasteiger partial charge in [0.05, 0.1) is 7.11 Å². The molecule has 0 amide bonds. The minimum absolute atomic E-state index is 0.554. The molecule has 0 atom stereocenters. The summed E-state index contributed by atoms with van der Waals surface area (Å²) < 4.78 is 5.23. The van der Waals surface area contributed by atoms with Crippen LogP contribution in [0.2, 0.25) is 0 Å². The predicted octanol–water partition coefficient (Wildman–Crippen LogP) is 2.26. The van der Waals surface area contributed by atoms with Crippen LogP contribution >= 0.6 is 0 Å². The van der Waals surface area contributed by atoms with Crippen molar-refractivity contribution in [3.05, 3.63) is 42.2 Å². The second kappa shape index (κ2) is 6.12. The van der Waals surface area contributed by atoms with Crippen LogP contribution in [-0.4, -0.2) is 23.6 Å². The quantitative estimate of drug-likeness (QED) is 0.875. The number of ether oxygens (including phenoxy) is 1. The van der Waals surface area contributed by atoms with E-state index in [4.69, 9.17) is 4.74 Å². The first-order chi connectivity index (χ1) is 8.85. The smallest absolute Gasteiger partial charge is 0.240 e. The second-order valence-electron chi connectivity index (χ2n) is 3.89. The Bertz CT molecular complexity index is 514. The number of benzene rings is 1. The first-order valence-electron chi connectivity index (χ1n) is 6.00. The Hall–Kier alpha value is -1.94. The van der Waals surface area contributed by atoms with Crippen LogP contribution in [0.15, 0.2) is 36.7 Å². The van der Waals surface area contributed by atoms with Crippen molar-refractivity contribution in [2.24, 2.45) is 0 Å². The zero-order valence-electron chi connectivity index (χ0n) is 10.7. The maximum Gasteiger partial charge on any atom is 0.240 e. The molecule has 94 valence electrons. The third kappa shape index (κ3) is 2.84. The first kappa shape index (κ1) is 12.5. The summed E-state index contributed by atoms with van der Waals surface area (Å²) in [6, 6.07) is 8.24. The highest BCUT2D eigenvalue weighted by Gasteiger charge is 2.08. The Morgan fingerprint density at radius 3 is 2.83 bits per heavy atom. The van der Waals surface area contributed by atoms with Gasteiger partial charge in [0.2, 0.25) is 5.88 Å². The maximum atomic E-state index is 5.23. The highest BCUT2D eigenvalue weighted by molar-refractivity contribution is 5.64. The van der Waals surface area contributed by atoms with Crippen molar-refractivity contribution in [3.63, 3.8) is 0 Å². The maximum absolute atomic E-state index is 5.23. The van der Waals surface area contributed by atoms with Crippen LogP contribution in [0.25, 0.3) is 11.3 Å². The number of nitrogens with zero attached hydrogens (tertiary/aromatic N) is 2. The van der Waals surface area contributed by atoms with Gasteiger partial charge < -0.3 is 10.1 Å². The van der Waals surface area contributed by atoms with Gasteiger partial charge in [0.25, 0.3) is 0 Å². The number of aromatic nitrogens is 2. The Morgan fingerprint density at radius 2 is 2.06 bits per heavy atom. The summed E-state index contributed by atoms with van der Waals surface area (Å²) >= 11 is 0. The van der Waals surface area contributed by atoms with Crippen LogP contribution in [0.3, 0.4) is 0 Å². The van der Waals surface area contributed by atoms with Crippen molar-refractivity contribution in [1.82, 2.24) is 15.3 Å². The molecule has 0 saturated carbocycles. The minimum atomic E-state index is 0.554. The molecule has 0 radical (unpaired) electrons. The van der Waals surface area contributed by atoms with E-state index in [1.165, 1.54) is 5.56 Å². The van der Waals surface area contributed by atoms with Gasteiger partial charge in [-0.2, -0.15) is 0 Å². The average molecular weight is 243 g/mol. The Balaban J connectivity index is 2.32. The number of rotatable bonds is 5. The highest BCUT2D eigenvalue weighted by atomic mass is 16.5. The molecule has 4 heteroatoms. The van der Waals surface area contributed by atoms with Gasteiger partial charge in [-0.1, -0.05) is 25.1 Å². The summed E-state index contributed by atoms with van der Waals surface area (Å²) in [5.41, 5.74) is 3.02. The molecule has 0 unspecified atom stereocenters. The molecule has 2 rings (SSSR count). The van der Waals surface area contributed by atoms with E-state index in [2.05, 4.69) is 34.3 Å². The summed E-state index contributed by atoms with van der Waals surface area (Å²) in [4.78, 5) is 8.50. The zero-order chi connectivity index (χ0) is 12.8. The van der Waals surface area contributed by atoms with Gasteiger partial charge in [-0.05, 0) is 18.2 Å². The van der Waals surface area contributed by atoms with Crippen molar-refractivity contribution in [2.75, 3.05) is 13.7 Å².